The highest BCUT2D eigenvalue weighted by Crippen LogP contribution is 2.24. The number of nitrogens with two attached hydrogens (primary N) is 1. The molecule has 2 N–H and O–H groups in total. The Morgan fingerprint density at radius 3 is 2.42 bits per heavy atom. The van der Waals surface area contributed by atoms with Crippen LogP contribution in [-0.4, -0.2) is 12.0 Å². The summed E-state index contributed by atoms with van der Waals surface area (Å²) in [5.41, 5.74) is 7.74. The van der Waals surface area contributed by atoms with E-state index in [1.165, 1.54) is 12.1 Å². The average Bonchev–Trinajstić information content (AvgIpc) is 2.46. The number of hydrogen-bond acceptors (Lipinski definition) is 4. The van der Waals surface area contributed by atoms with Gasteiger partial charge in [0.05, 0.1) is 18.1 Å². The van der Waals surface area contributed by atoms with Crippen LogP contribution in [0.25, 0.3) is 0 Å². The van der Waals surface area contributed by atoms with Crippen LogP contribution in [-0.2, 0) is 0 Å². The zero-order valence-corrected chi connectivity index (χ0v) is 10.4. The van der Waals surface area contributed by atoms with Gasteiger partial charge < -0.3 is 10.5 Å². The highest BCUT2D eigenvalue weighted by Gasteiger charge is 2.13. The molecule has 0 saturated carbocycles. The molecule has 0 aliphatic rings. The molecular formula is C14H14N2O3. The van der Waals surface area contributed by atoms with Gasteiger partial charge in [-0.05, 0) is 23.3 Å². The van der Waals surface area contributed by atoms with Gasteiger partial charge in [-0.3, -0.25) is 10.1 Å². The second-order valence-corrected chi connectivity index (χ2v) is 4.10. The van der Waals surface area contributed by atoms with Gasteiger partial charge in [0, 0.05) is 12.1 Å². The lowest BCUT2D eigenvalue weighted by Crippen LogP contribution is -2.11. The van der Waals surface area contributed by atoms with Crippen LogP contribution in [0.2, 0.25) is 0 Å². The third kappa shape index (κ3) is 2.89. The number of methoxy groups -OCH3 is 1. The van der Waals surface area contributed by atoms with E-state index in [-0.39, 0.29) is 5.69 Å². The smallest absolute Gasteiger partial charge is 0.269 e. The van der Waals surface area contributed by atoms with Gasteiger partial charge in [0.2, 0.25) is 0 Å². The van der Waals surface area contributed by atoms with E-state index in [1.807, 2.05) is 24.3 Å². The first-order valence-corrected chi connectivity index (χ1v) is 5.75. The average molecular weight is 258 g/mol. The van der Waals surface area contributed by atoms with E-state index < -0.39 is 11.0 Å². The second-order valence-electron chi connectivity index (χ2n) is 4.10. The number of nitrogens with zero attached hydrogens (tertiary/aromatic N) is 1. The standard InChI is InChI=1S/C14H14N2O3/c1-19-13-7-5-10(6-8-13)14(15)11-3-2-4-12(9-11)16(17)18/h2-9,14H,15H2,1H3. The first-order chi connectivity index (χ1) is 9.11. The molecule has 2 aromatic carbocycles. The third-order valence-electron chi connectivity index (χ3n) is 2.92. The predicted octanol–water partition coefficient (Wildman–Crippen LogP) is 2.65. The van der Waals surface area contributed by atoms with Crippen molar-refractivity contribution in [3.63, 3.8) is 0 Å². The molecule has 5 nitrogen and oxygen atoms in total. The van der Waals surface area contributed by atoms with Crippen LogP contribution < -0.4 is 10.5 Å². The van der Waals surface area contributed by atoms with Crippen LogP contribution in [0.1, 0.15) is 17.2 Å². The molecule has 0 aliphatic heterocycles. The molecule has 1 unspecified atom stereocenters. The normalized spacial score (nSPS) is 11.9. The minimum atomic E-state index is -0.426. The summed E-state index contributed by atoms with van der Waals surface area (Å²) in [5.74, 6) is 0.745. The van der Waals surface area contributed by atoms with E-state index in [0.717, 1.165) is 11.3 Å². The van der Waals surface area contributed by atoms with Crippen molar-refractivity contribution in [1.82, 2.24) is 0 Å². The van der Waals surface area contributed by atoms with E-state index in [9.17, 15) is 10.1 Å². The molecule has 0 bridgehead atoms. The molecule has 0 radical (unpaired) electrons. The Labute approximate surface area is 110 Å². The fraction of sp³-hybridized carbons (Fsp3) is 0.143. The fourth-order valence-corrected chi connectivity index (χ4v) is 1.84. The summed E-state index contributed by atoms with van der Waals surface area (Å²) >= 11 is 0. The van der Waals surface area contributed by atoms with E-state index in [1.54, 1.807) is 19.2 Å². The van der Waals surface area contributed by atoms with E-state index in [0.29, 0.717) is 5.56 Å². The maximum absolute atomic E-state index is 10.7. The molecule has 0 aliphatic carbocycles. The number of nitro groups is 1. The number of ether oxygens (including phenoxy) is 1. The van der Waals surface area contributed by atoms with Crippen LogP contribution in [0.5, 0.6) is 5.75 Å². The number of benzene rings is 2. The Hall–Kier alpha value is -2.40. The molecule has 0 saturated heterocycles. The molecule has 2 rings (SSSR count). The van der Waals surface area contributed by atoms with Crippen LogP contribution in [0.15, 0.2) is 48.5 Å². The summed E-state index contributed by atoms with van der Waals surface area (Å²) in [6.07, 6.45) is 0. The van der Waals surface area contributed by atoms with Crippen molar-refractivity contribution in [2.75, 3.05) is 7.11 Å². The molecule has 2 aromatic rings. The molecule has 0 heterocycles. The van der Waals surface area contributed by atoms with Crippen molar-refractivity contribution < 1.29 is 9.66 Å². The van der Waals surface area contributed by atoms with Crippen LogP contribution in [0, 0.1) is 10.1 Å². The van der Waals surface area contributed by atoms with Gasteiger partial charge in [-0.25, -0.2) is 0 Å². The van der Waals surface area contributed by atoms with Gasteiger partial charge in [-0.15, -0.1) is 0 Å². The molecule has 5 heteroatoms. The summed E-state index contributed by atoms with van der Waals surface area (Å²) in [5, 5.41) is 10.7. The molecule has 0 spiro atoms. The lowest BCUT2D eigenvalue weighted by Gasteiger charge is -2.12. The van der Waals surface area contributed by atoms with Crippen molar-refractivity contribution >= 4 is 5.69 Å². The van der Waals surface area contributed by atoms with Crippen LogP contribution in [0.3, 0.4) is 0 Å². The summed E-state index contributed by atoms with van der Waals surface area (Å²) < 4.78 is 5.08. The van der Waals surface area contributed by atoms with Gasteiger partial charge in [-0.2, -0.15) is 0 Å². The van der Waals surface area contributed by atoms with Crippen molar-refractivity contribution in [3.8, 4) is 5.75 Å². The summed E-state index contributed by atoms with van der Waals surface area (Å²) in [4.78, 5) is 10.3. The minimum absolute atomic E-state index is 0.0430. The Morgan fingerprint density at radius 2 is 1.84 bits per heavy atom. The molecule has 0 amide bonds. The Morgan fingerprint density at radius 1 is 1.16 bits per heavy atom. The second kappa shape index (κ2) is 5.49. The minimum Gasteiger partial charge on any atom is -0.497 e. The monoisotopic (exact) mass is 258 g/mol. The molecule has 98 valence electrons. The molecule has 0 aromatic heterocycles. The maximum atomic E-state index is 10.7. The van der Waals surface area contributed by atoms with Crippen molar-refractivity contribution in [2.24, 2.45) is 5.73 Å². The number of nitro benzene ring substituents is 1. The summed E-state index contributed by atoms with van der Waals surface area (Å²) in [6, 6.07) is 13.3. The van der Waals surface area contributed by atoms with E-state index in [4.69, 9.17) is 10.5 Å². The highest BCUT2D eigenvalue weighted by atomic mass is 16.6. The topological polar surface area (TPSA) is 78.4 Å². The van der Waals surface area contributed by atoms with Crippen molar-refractivity contribution in [1.29, 1.82) is 0 Å². The van der Waals surface area contributed by atoms with Gasteiger partial charge >= 0.3 is 0 Å². The highest BCUT2D eigenvalue weighted by molar-refractivity contribution is 5.40. The van der Waals surface area contributed by atoms with E-state index in [2.05, 4.69) is 0 Å². The maximum Gasteiger partial charge on any atom is 0.269 e. The Balaban J connectivity index is 2.29. The Kier molecular flexibility index (Phi) is 3.77. The lowest BCUT2D eigenvalue weighted by molar-refractivity contribution is -0.384. The summed E-state index contributed by atoms with van der Waals surface area (Å²) in [6.45, 7) is 0. The Bertz CT molecular complexity index is 581. The largest absolute Gasteiger partial charge is 0.497 e. The quantitative estimate of drug-likeness (QED) is 0.675. The van der Waals surface area contributed by atoms with Gasteiger partial charge in [0.25, 0.3) is 5.69 Å². The molecule has 1 atom stereocenters. The predicted molar refractivity (Wildman–Crippen MR) is 72.1 cm³/mol. The fourth-order valence-electron chi connectivity index (χ4n) is 1.84. The SMILES string of the molecule is COc1ccc(C(N)c2cccc([N+](=O)[O-])c2)cc1. The van der Waals surface area contributed by atoms with E-state index >= 15 is 0 Å². The van der Waals surface area contributed by atoms with Crippen molar-refractivity contribution in [2.45, 2.75) is 6.04 Å². The number of non-ortho nitro benzene ring substituents is 1. The van der Waals surface area contributed by atoms with Gasteiger partial charge in [0.1, 0.15) is 5.75 Å². The first-order valence-electron chi connectivity index (χ1n) is 5.75. The number of rotatable bonds is 4. The number of hydrogen-bond donors (Lipinski definition) is 1. The first kappa shape index (κ1) is 13.0. The molecule has 19 heavy (non-hydrogen) atoms. The van der Waals surface area contributed by atoms with Gasteiger partial charge in [-0.1, -0.05) is 24.3 Å². The molecule has 0 fully saturated rings. The zero-order valence-electron chi connectivity index (χ0n) is 10.4. The lowest BCUT2D eigenvalue weighted by atomic mass is 9.99. The summed E-state index contributed by atoms with van der Waals surface area (Å²) in [7, 11) is 1.59. The third-order valence-corrected chi connectivity index (χ3v) is 2.92. The zero-order chi connectivity index (χ0) is 13.8. The van der Waals surface area contributed by atoms with Crippen LogP contribution in [0.4, 0.5) is 5.69 Å². The molecular weight excluding hydrogens is 244 g/mol. The van der Waals surface area contributed by atoms with Crippen molar-refractivity contribution in [3.05, 3.63) is 69.8 Å². The van der Waals surface area contributed by atoms with Gasteiger partial charge in [0.15, 0.2) is 0 Å². The van der Waals surface area contributed by atoms with Crippen LogP contribution >= 0.6 is 0 Å².